The SMILES string of the molecule is FC(F)(F)C1CN(c2ccccc2)C(OCC2CCN(Cc3cccc(Cl)c3)CC2)=N1. The van der Waals surface area contributed by atoms with Crippen LogP contribution in [0.5, 0.6) is 0 Å². The Kier molecular flexibility index (Phi) is 6.72. The molecule has 0 aromatic heterocycles. The maximum Gasteiger partial charge on any atom is 0.412 e. The van der Waals surface area contributed by atoms with Gasteiger partial charge in [-0.25, -0.2) is 4.99 Å². The van der Waals surface area contributed by atoms with Crippen LogP contribution in [0.25, 0.3) is 0 Å². The van der Waals surface area contributed by atoms with Gasteiger partial charge in [0.15, 0.2) is 6.04 Å². The number of benzene rings is 2. The summed E-state index contributed by atoms with van der Waals surface area (Å²) in [6, 6.07) is 15.1. The number of hydrogen-bond acceptors (Lipinski definition) is 4. The number of hydrogen-bond donors (Lipinski definition) is 0. The van der Waals surface area contributed by atoms with E-state index in [0.717, 1.165) is 37.5 Å². The number of rotatable bonds is 5. The molecule has 1 fully saturated rings. The highest BCUT2D eigenvalue weighted by molar-refractivity contribution is 6.30. The Labute approximate surface area is 185 Å². The minimum Gasteiger partial charge on any atom is -0.465 e. The van der Waals surface area contributed by atoms with Crippen molar-refractivity contribution in [2.75, 3.05) is 31.1 Å². The van der Waals surface area contributed by atoms with Gasteiger partial charge in [-0.05, 0) is 61.7 Å². The normalized spacial score (nSPS) is 20.7. The zero-order valence-electron chi connectivity index (χ0n) is 17.1. The molecule has 4 rings (SSSR count). The monoisotopic (exact) mass is 451 g/mol. The number of halogens is 4. The summed E-state index contributed by atoms with van der Waals surface area (Å²) in [6.45, 7) is 2.80. The van der Waals surface area contributed by atoms with Crippen LogP contribution in [0, 0.1) is 5.92 Å². The van der Waals surface area contributed by atoms with Gasteiger partial charge in [0.25, 0.3) is 6.02 Å². The highest BCUT2D eigenvalue weighted by Gasteiger charge is 2.46. The van der Waals surface area contributed by atoms with E-state index < -0.39 is 12.2 Å². The van der Waals surface area contributed by atoms with Crippen molar-refractivity contribution in [2.24, 2.45) is 10.9 Å². The number of likely N-dealkylation sites (tertiary alicyclic amines) is 1. The number of amidine groups is 1. The summed E-state index contributed by atoms with van der Waals surface area (Å²) in [4.78, 5) is 7.74. The summed E-state index contributed by atoms with van der Waals surface area (Å²) in [5.41, 5.74) is 1.84. The first-order valence-electron chi connectivity index (χ1n) is 10.4. The lowest BCUT2D eigenvalue weighted by molar-refractivity contribution is -0.143. The van der Waals surface area contributed by atoms with Gasteiger partial charge in [-0.3, -0.25) is 9.80 Å². The minimum atomic E-state index is -4.39. The molecule has 8 heteroatoms. The lowest BCUT2D eigenvalue weighted by Gasteiger charge is -2.32. The van der Waals surface area contributed by atoms with Gasteiger partial charge in [-0.15, -0.1) is 0 Å². The van der Waals surface area contributed by atoms with Crippen LogP contribution in [-0.2, 0) is 11.3 Å². The molecule has 2 aromatic carbocycles. The highest BCUT2D eigenvalue weighted by Crippen LogP contribution is 2.31. The molecule has 2 aliphatic heterocycles. The minimum absolute atomic E-state index is 0.0647. The topological polar surface area (TPSA) is 28.1 Å². The molecule has 1 saturated heterocycles. The molecule has 1 unspecified atom stereocenters. The Morgan fingerprint density at radius 1 is 1.03 bits per heavy atom. The molecule has 1 atom stereocenters. The van der Waals surface area contributed by atoms with Crippen LogP contribution < -0.4 is 4.90 Å². The Morgan fingerprint density at radius 2 is 1.77 bits per heavy atom. The highest BCUT2D eigenvalue weighted by atomic mass is 35.5. The Morgan fingerprint density at radius 3 is 2.45 bits per heavy atom. The van der Waals surface area contributed by atoms with Crippen LogP contribution >= 0.6 is 11.6 Å². The molecule has 2 heterocycles. The molecule has 0 N–H and O–H groups in total. The zero-order chi connectivity index (χ0) is 21.8. The molecule has 2 aromatic rings. The lowest BCUT2D eigenvalue weighted by Crippen LogP contribution is -2.37. The van der Waals surface area contributed by atoms with Crippen LogP contribution in [0.1, 0.15) is 18.4 Å². The third kappa shape index (κ3) is 5.71. The van der Waals surface area contributed by atoms with E-state index in [4.69, 9.17) is 16.3 Å². The number of para-hydroxylation sites is 1. The molecule has 0 spiro atoms. The van der Waals surface area contributed by atoms with Crippen molar-refractivity contribution < 1.29 is 17.9 Å². The van der Waals surface area contributed by atoms with Gasteiger partial charge in [0.2, 0.25) is 0 Å². The number of anilines is 1. The number of nitrogens with zero attached hydrogens (tertiary/aromatic N) is 3. The van der Waals surface area contributed by atoms with Gasteiger partial charge in [-0.1, -0.05) is 41.9 Å². The number of aliphatic imine (C=N–C) groups is 1. The number of piperidine rings is 1. The van der Waals surface area contributed by atoms with Crippen molar-refractivity contribution in [3.63, 3.8) is 0 Å². The van der Waals surface area contributed by atoms with Crippen LogP contribution in [-0.4, -0.2) is 49.4 Å². The standard InChI is InChI=1S/C23H25ClF3N3O/c24-19-6-4-5-18(13-19)14-29-11-9-17(10-12-29)16-31-22-28-21(23(25,26)27)15-30(22)20-7-2-1-3-8-20/h1-8,13,17,21H,9-12,14-16H2. The third-order valence-corrected chi connectivity index (χ3v) is 5.98. The fourth-order valence-electron chi connectivity index (χ4n) is 4.01. The maximum absolute atomic E-state index is 13.3. The van der Waals surface area contributed by atoms with Crippen LogP contribution in [0.15, 0.2) is 59.6 Å². The van der Waals surface area contributed by atoms with Crippen molar-refractivity contribution in [3.05, 3.63) is 65.2 Å². The third-order valence-electron chi connectivity index (χ3n) is 5.75. The average molecular weight is 452 g/mol. The van der Waals surface area contributed by atoms with E-state index in [1.54, 1.807) is 24.3 Å². The summed E-state index contributed by atoms with van der Waals surface area (Å²) in [7, 11) is 0. The number of ether oxygens (including phenoxy) is 1. The molecule has 0 radical (unpaired) electrons. The molecular formula is C23H25ClF3N3O. The molecular weight excluding hydrogens is 427 g/mol. The Hall–Kier alpha value is -2.25. The quantitative estimate of drug-likeness (QED) is 0.611. The van der Waals surface area contributed by atoms with Gasteiger partial charge < -0.3 is 4.74 Å². The molecule has 166 valence electrons. The van der Waals surface area contributed by atoms with E-state index in [-0.39, 0.29) is 12.6 Å². The molecule has 0 amide bonds. The van der Waals surface area contributed by atoms with Crippen LogP contribution in [0.4, 0.5) is 18.9 Å². The van der Waals surface area contributed by atoms with Crippen molar-refractivity contribution in [1.29, 1.82) is 0 Å². The first-order chi connectivity index (χ1) is 14.9. The second kappa shape index (κ2) is 9.49. The Bertz CT molecular complexity index is 898. The second-order valence-corrected chi connectivity index (χ2v) is 8.51. The van der Waals surface area contributed by atoms with E-state index in [1.807, 2.05) is 24.3 Å². The van der Waals surface area contributed by atoms with Gasteiger partial charge >= 0.3 is 6.18 Å². The van der Waals surface area contributed by atoms with Crippen LogP contribution in [0.2, 0.25) is 5.02 Å². The largest absolute Gasteiger partial charge is 0.465 e. The van der Waals surface area contributed by atoms with Crippen molar-refractivity contribution in [2.45, 2.75) is 31.6 Å². The van der Waals surface area contributed by atoms with Gasteiger partial charge in [0.1, 0.15) is 0 Å². The van der Waals surface area contributed by atoms with E-state index in [0.29, 0.717) is 18.2 Å². The zero-order valence-corrected chi connectivity index (χ0v) is 17.8. The van der Waals surface area contributed by atoms with Gasteiger partial charge in [-0.2, -0.15) is 13.2 Å². The molecule has 0 bridgehead atoms. The average Bonchev–Trinajstić information content (AvgIpc) is 3.19. The predicted molar refractivity (Wildman–Crippen MR) is 116 cm³/mol. The number of alkyl halides is 3. The molecule has 4 nitrogen and oxygen atoms in total. The summed E-state index contributed by atoms with van der Waals surface area (Å²) >= 11 is 6.06. The second-order valence-electron chi connectivity index (χ2n) is 8.08. The first-order valence-corrected chi connectivity index (χ1v) is 10.8. The van der Waals surface area contributed by atoms with Crippen molar-refractivity contribution >= 4 is 23.3 Å². The maximum atomic E-state index is 13.3. The van der Waals surface area contributed by atoms with Gasteiger partial charge in [0.05, 0.1) is 13.2 Å². The van der Waals surface area contributed by atoms with Crippen molar-refractivity contribution in [3.8, 4) is 0 Å². The summed E-state index contributed by atoms with van der Waals surface area (Å²) in [5, 5.41) is 0.734. The summed E-state index contributed by atoms with van der Waals surface area (Å²) < 4.78 is 45.6. The van der Waals surface area contributed by atoms with Crippen LogP contribution in [0.3, 0.4) is 0 Å². The fraction of sp³-hybridized carbons (Fsp3) is 0.435. The van der Waals surface area contributed by atoms with E-state index in [2.05, 4.69) is 16.0 Å². The summed E-state index contributed by atoms with van der Waals surface area (Å²) in [5.74, 6) is 0.292. The first kappa shape index (κ1) is 22.0. The Balaban J connectivity index is 1.32. The van der Waals surface area contributed by atoms with E-state index >= 15 is 0 Å². The lowest BCUT2D eigenvalue weighted by atomic mass is 9.97. The fourth-order valence-corrected chi connectivity index (χ4v) is 4.22. The predicted octanol–water partition coefficient (Wildman–Crippen LogP) is 5.38. The molecule has 31 heavy (non-hydrogen) atoms. The summed E-state index contributed by atoms with van der Waals surface area (Å²) in [6.07, 6.45) is -2.52. The van der Waals surface area contributed by atoms with E-state index in [9.17, 15) is 13.2 Å². The smallest absolute Gasteiger partial charge is 0.412 e. The van der Waals surface area contributed by atoms with E-state index in [1.165, 1.54) is 10.5 Å². The molecule has 2 aliphatic rings. The van der Waals surface area contributed by atoms with Gasteiger partial charge in [0, 0.05) is 17.3 Å². The molecule has 0 aliphatic carbocycles. The molecule has 0 saturated carbocycles. The van der Waals surface area contributed by atoms with Crippen molar-refractivity contribution in [1.82, 2.24) is 4.90 Å².